The van der Waals surface area contributed by atoms with Gasteiger partial charge in [-0.05, 0) is 72.8 Å². The first-order chi connectivity index (χ1) is 26.3. The van der Waals surface area contributed by atoms with Gasteiger partial charge in [0.15, 0.2) is 18.4 Å². The number of benzene rings is 5. The Morgan fingerprint density at radius 2 is 1.17 bits per heavy atom. The van der Waals surface area contributed by atoms with Gasteiger partial charge in [0.05, 0.1) is 22.2 Å². The number of carbonyl (C=O) groups is 4. The fourth-order valence-electron chi connectivity index (χ4n) is 6.09. The molecule has 6 aromatic rings. The van der Waals surface area contributed by atoms with Crippen molar-refractivity contribution in [3.8, 4) is 0 Å². The Morgan fingerprint density at radius 3 is 1.76 bits per heavy atom. The largest absolute Gasteiger partial charge is 0.459 e. The van der Waals surface area contributed by atoms with Gasteiger partial charge in [0.2, 0.25) is 5.43 Å². The molecule has 0 unspecified atom stereocenters. The first-order valence-electron chi connectivity index (χ1n) is 16.9. The minimum Gasteiger partial charge on any atom is -0.459 e. The van der Waals surface area contributed by atoms with Crippen LogP contribution in [0.4, 0.5) is 5.69 Å². The Kier molecular flexibility index (Phi) is 10.6. The number of ether oxygens (including phenoxy) is 4. The lowest BCUT2D eigenvalue weighted by molar-refractivity contribution is -0.0605. The van der Waals surface area contributed by atoms with E-state index in [-0.39, 0.29) is 27.6 Å². The van der Waals surface area contributed by atoms with Crippen molar-refractivity contribution in [1.29, 1.82) is 0 Å². The Bertz CT molecular complexity index is 2370. The van der Waals surface area contributed by atoms with Crippen molar-refractivity contribution in [3.05, 3.63) is 183 Å². The van der Waals surface area contributed by atoms with Crippen LogP contribution in [0.5, 0.6) is 0 Å². The molecule has 12 heteroatoms. The first-order valence-corrected chi connectivity index (χ1v) is 17.2. The van der Waals surface area contributed by atoms with Gasteiger partial charge in [0.1, 0.15) is 18.3 Å². The highest BCUT2D eigenvalue weighted by Crippen LogP contribution is 2.37. The molecule has 1 fully saturated rings. The number of carbonyl (C=O) groups excluding carboxylic acids is 4. The number of fused-ring (bicyclic) bond motifs is 1. The van der Waals surface area contributed by atoms with Crippen LogP contribution in [0.25, 0.3) is 10.9 Å². The Balaban J connectivity index is 1.32. The molecule has 7 rings (SSSR count). The number of halogens is 1. The maximum Gasteiger partial charge on any atom is 0.338 e. The third-order valence-electron chi connectivity index (χ3n) is 8.74. The predicted octanol–water partition coefficient (Wildman–Crippen LogP) is 7.11. The van der Waals surface area contributed by atoms with Crippen molar-refractivity contribution in [2.75, 3.05) is 11.9 Å². The number of amides is 1. The lowest BCUT2D eigenvalue weighted by Gasteiger charge is -2.26. The topological polar surface area (TPSA) is 139 Å². The van der Waals surface area contributed by atoms with Gasteiger partial charge in [-0.2, -0.15) is 0 Å². The second kappa shape index (κ2) is 16.0. The quantitative estimate of drug-likeness (QED) is 0.115. The van der Waals surface area contributed by atoms with Crippen molar-refractivity contribution in [2.24, 2.45) is 0 Å². The van der Waals surface area contributed by atoms with Crippen LogP contribution in [0.15, 0.2) is 151 Å². The van der Waals surface area contributed by atoms with E-state index in [2.05, 4.69) is 5.32 Å². The maximum atomic E-state index is 13.8. The summed E-state index contributed by atoms with van der Waals surface area (Å²) in [5, 5.41) is 3.34. The number of esters is 3. The van der Waals surface area contributed by atoms with Gasteiger partial charge in [-0.25, -0.2) is 14.4 Å². The standard InChI is InChI=1S/C42H31ClN2O9/c43-29-20-22-30(23-21-29)44-38(47)32-24-45(33-19-11-10-18-31(33)35(32)46)39-37(54-42(50)28-16-8-3-9-17-28)36(53-41(49)27-14-6-2-7-15-27)34(52-39)25-51-40(48)26-12-4-1-5-13-26/h1-24,34,36-37,39H,25H2,(H,44,47)/t34-,36-,37-,39-/m1/s1. The zero-order valence-corrected chi connectivity index (χ0v) is 29.1. The molecule has 1 amide bonds. The van der Waals surface area contributed by atoms with Crippen LogP contribution in [-0.4, -0.2) is 53.3 Å². The van der Waals surface area contributed by atoms with E-state index in [1.165, 1.54) is 10.8 Å². The molecule has 54 heavy (non-hydrogen) atoms. The number of nitrogens with one attached hydrogen (secondary N) is 1. The average Bonchev–Trinajstić information content (AvgIpc) is 3.54. The molecule has 0 spiro atoms. The number of para-hydroxylation sites is 1. The predicted molar refractivity (Wildman–Crippen MR) is 200 cm³/mol. The Labute approximate surface area is 313 Å². The van der Waals surface area contributed by atoms with Gasteiger partial charge in [0, 0.05) is 22.3 Å². The van der Waals surface area contributed by atoms with E-state index in [0.29, 0.717) is 16.2 Å². The number of nitrogens with zero attached hydrogens (tertiary/aromatic N) is 1. The third-order valence-corrected chi connectivity index (χ3v) is 8.99. The summed E-state index contributed by atoms with van der Waals surface area (Å²) in [5.41, 5.74) is 0.594. The molecule has 270 valence electrons. The summed E-state index contributed by atoms with van der Waals surface area (Å²) >= 11 is 6.02. The number of rotatable bonds is 10. The highest BCUT2D eigenvalue weighted by molar-refractivity contribution is 6.30. The summed E-state index contributed by atoms with van der Waals surface area (Å²) in [7, 11) is 0. The van der Waals surface area contributed by atoms with Gasteiger partial charge >= 0.3 is 17.9 Å². The molecule has 0 aliphatic carbocycles. The van der Waals surface area contributed by atoms with E-state index >= 15 is 0 Å². The lowest BCUT2D eigenvalue weighted by atomic mass is 10.1. The van der Waals surface area contributed by atoms with Crippen LogP contribution in [0.2, 0.25) is 5.02 Å². The van der Waals surface area contributed by atoms with Gasteiger partial charge in [-0.15, -0.1) is 0 Å². The van der Waals surface area contributed by atoms with E-state index in [4.69, 9.17) is 30.5 Å². The Morgan fingerprint density at radius 1 is 0.648 bits per heavy atom. The average molecular weight is 743 g/mol. The molecule has 5 aromatic carbocycles. The number of hydrogen-bond donors (Lipinski definition) is 1. The van der Waals surface area contributed by atoms with E-state index in [9.17, 15) is 24.0 Å². The van der Waals surface area contributed by atoms with Crippen molar-refractivity contribution in [1.82, 2.24) is 4.57 Å². The second-order valence-corrected chi connectivity index (χ2v) is 12.7. The molecule has 11 nitrogen and oxygen atoms in total. The number of hydrogen-bond acceptors (Lipinski definition) is 9. The lowest BCUT2D eigenvalue weighted by Crippen LogP contribution is -2.41. The molecule has 1 saturated heterocycles. The van der Waals surface area contributed by atoms with Gasteiger partial charge in [-0.1, -0.05) is 78.3 Å². The molecule has 2 heterocycles. The van der Waals surface area contributed by atoms with E-state index in [0.717, 1.165) is 0 Å². The number of aromatic nitrogens is 1. The fourth-order valence-corrected chi connectivity index (χ4v) is 6.21. The van der Waals surface area contributed by atoms with E-state index in [1.54, 1.807) is 140 Å². The Hall–Kier alpha value is -6.56. The first kappa shape index (κ1) is 35.8. The zero-order valence-electron chi connectivity index (χ0n) is 28.4. The maximum absolute atomic E-state index is 13.8. The van der Waals surface area contributed by atoms with Gasteiger partial charge < -0.3 is 28.8 Å². The van der Waals surface area contributed by atoms with Crippen molar-refractivity contribution >= 4 is 52.0 Å². The smallest absolute Gasteiger partial charge is 0.338 e. The van der Waals surface area contributed by atoms with Gasteiger partial charge in [-0.3, -0.25) is 9.59 Å². The summed E-state index contributed by atoms with van der Waals surface area (Å²) in [5.74, 6) is -2.90. The molecule has 0 radical (unpaired) electrons. The van der Waals surface area contributed by atoms with E-state index in [1.807, 2.05) is 0 Å². The summed E-state index contributed by atoms with van der Waals surface area (Å²) in [4.78, 5) is 67.9. The summed E-state index contributed by atoms with van der Waals surface area (Å²) in [6.07, 6.45) is -3.92. The van der Waals surface area contributed by atoms with Crippen LogP contribution in [0, 0.1) is 0 Å². The van der Waals surface area contributed by atoms with Crippen molar-refractivity contribution in [2.45, 2.75) is 24.5 Å². The molecule has 0 bridgehead atoms. The highest BCUT2D eigenvalue weighted by Gasteiger charge is 2.51. The monoisotopic (exact) mass is 742 g/mol. The van der Waals surface area contributed by atoms with E-state index < -0.39 is 60.4 Å². The summed E-state index contributed by atoms with van der Waals surface area (Å²) in [6.45, 7) is -0.418. The summed E-state index contributed by atoms with van der Waals surface area (Å²) < 4.78 is 25.9. The molecule has 4 atom stereocenters. The summed E-state index contributed by atoms with van der Waals surface area (Å²) in [6, 6.07) is 37.6. The van der Waals surface area contributed by atoms with Crippen LogP contribution < -0.4 is 10.7 Å². The molecular weight excluding hydrogens is 712 g/mol. The second-order valence-electron chi connectivity index (χ2n) is 12.3. The normalized spacial score (nSPS) is 17.7. The highest BCUT2D eigenvalue weighted by atomic mass is 35.5. The van der Waals surface area contributed by atoms with Crippen molar-refractivity contribution in [3.63, 3.8) is 0 Å². The molecule has 1 aliphatic heterocycles. The van der Waals surface area contributed by atoms with Crippen LogP contribution in [0.1, 0.15) is 47.7 Å². The molecule has 1 N–H and O–H groups in total. The molecular formula is C42H31ClN2O9. The van der Waals surface area contributed by atoms with Gasteiger partial charge in [0.25, 0.3) is 5.91 Å². The van der Waals surface area contributed by atoms with Crippen LogP contribution in [0.3, 0.4) is 0 Å². The van der Waals surface area contributed by atoms with Crippen LogP contribution >= 0.6 is 11.6 Å². The SMILES string of the molecule is O=C(OC[C@H]1O[C@@H](n2cc(C(=O)Nc3ccc(Cl)cc3)c(=O)c3ccccc32)[C@H](OC(=O)c2ccccc2)[C@@H]1OC(=O)c1ccccc1)c1ccccc1. The molecule has 0 saturated carbocycles. The minimum absolute atomic E-state index is 0.162. The van der Waals surface area contributed by atoms with Crippen molar-refractivity contribution < 1.29 is 38.1 Å². The van der Waals surface area contributed by atoms with Crippen LogP contribution in [-0.2, 0) is 18.9 Å². The minimum atomic E-state index is -1.39. The molecule has 1 aliphatic rings. The zero-order chi connectivity index (χ0) is 37.6. The third kappa shape index (κ3) is 7.77. The molecule has 1 aromatic heterocycles. The number of anilines is 1. The fraction of sp³-hybridized carbons (Fsp3) is 0.119. The number of pyridine rings is 1.